The summed E-state index contributed by atoms with van der Waals surface area (Å²) in [6, 6.07) is 6.67. The topological polar surface area (TPSA) is 88.6 Å². The molecule has 1 aliphatic rings. The van der Waals surface area contributed by atoms with Crippen LogP contribution < -0.4 is 10.2 Å². The molecule has 1 atom stereocenters. The maximum absolute atomic E-state index is 14.9. The molecule has 3 rings (SSSR count). The van der Waals surface area contributed by atoms with Crippen molar-refractivity contribution in [2.45, 2.75) is 38.9 Å². The highest BCUT2D eigenvalue weighted by molar-refractivity contribution is 5.64. The molecule has 1 aromatic carbocycles. The van der Waals surface area contributed by atoms with Gasteiger partial charge in [-0.05, 0) is 38.7 Å². The Morgan fingerprint density at radius 2 is 1.73 bits per heavy atom. The molecule has 2 heterocycles. The van der Waals surface area contributed by atoms with Crippen molar-refractivity contribution in [2.24, 2.45) is 5.92 Å². The van der Waals surface area contributed by atoms with Crippen LogP contribution in [0.1, 0.15) is 49.8 Å². The first kappa shape index (κ1) is 21.4. The van der Waals surface area contributed by atoms with Crippen molar-refractivity contribution in [3.63, 3.8) is 0 Å². The van der Waals surface area contributed by atoms with Crippen LogP contribution in [0.25, 0.3) is 0 Å². The summed E-state index contributed by atoms with van der Waals surface area (Å²) in [4.78, 5) is 10.4. The van der Waals surface area contributed by atoms with E-state index in [9.17, 15) is 23.7 Å². The molecule has 1 fully saturated rings. The molecule has 0 spiro atoms. The largest absolute Gasteiger partial charge is 0.365 e. The van der Waals surface area contributed by atoms with Gasteiger partial charge in [-0.2, -0.15) is 10.5 Å². The zero-order chi connectivity index (χ0) is 21.8. The number of nitrogens with one attached hydrogen (secondary N) is 1. The van der Waals surface area contributed by atoms with Crippen molar-refractivity contribution in [1.29, 1.82) is 10.5 Å². The van der Waals surface area contributed by atoms with E-state index in [4.69, 9.17) is 0 Å². The van der Waals surface area contributed by atoms with Gasteiger partial charge in [0.1, 0.15) is 29.9 Å². The van der Waals surface area contributed by atoms with Crippen LogP contribution in [0.5, 0.6) is 0 Å². The van der Waals surface area contributed by atoms with Gasteiger partial charge in [-0.3, -0.25) is 0 Å². The minimum atomic E-state index is -1.54. The summed E-state index contributed by atoms with van der Waals surface area (Å²) in [6.07, 6.45) is -0.701. The van der Waals surface area contributed by atoms with E-state index in [0.29, 0.717) is 43.6 Å². The number of aromatic nitrogens is 2. The fourth-order valence-electron chi connectivity index (χ4n) is 3.56. The molecule has 0 aliphatic carbocycles. The Morgan fingerprint density at radius 1 is 1.10 bits per heavy atom. The lowest BCUT2D eigenvalue weighted by atomic mass is 9.88. The fourth-order valence-corrected chi connectivity index (χ4v) is 3.56. The summed E-state index contributed by atoms with van der Waals surface area (Å²) in [5.41, 5.74) is -0.266. The molecule has 0 bridgehead atoms. The third kappa shape index (κ3) is 4.46. The third-order valence-electron chi connectivity index (χ3n) is 5.03. The Kier molecular flexibility index (Phi) is 6.41. The Hall–Kier alpha value is -3.33. The summed E-state index contributed by atoms with van der Waals surface area (Å²) in [5.74, 6) is -1.23. The number of halogens is 3. The van der Waals surface area contributed by atoms with Crippen molar-refractivity contribution in [1.82, 2.24) is 9.97 Å². The Labute approximate surface area is 173 Å². The maximum atomic E-state index is 14.9. The summed E-state index contributed by atoms with van der Waals surface area (Å²) < 4.78 is 42.0. The van der Waals surface area contributed by atoms with Crippen molar-refractivity contribution < 1.29 is 13.2 Å². The molecule has 1 N–H and O–H groups in total. The molecule has 0 amide bonds. The maximum Gasteiger partial charge on any atom is 0.179 e. The smallest absolute Gasteiger partial charge is 0.179 e. The van der Waals surface area contributed by atoms with Crippen LogP contribution in [-0.4, -0.2) is 29.1 Å². The van der Waals surface area contributed by atoms with Crippen LogP contribution in [0.4, 0.5) is 24.8 Å². The van der Waals surface area contributed by atoms with Gasteiger partial charge in [0, 0.05) is 30.8 Å². The van der Waals surface area contributed by atoms with Crippen LogP contribution in [0.2, 0.25) is 0 Å². The molecule has 156 valence electrons. The number of rotatable bonds is 5. The fraction of sp³-hybridized carbons (Fsp3) is 0.429. The van der Waals surface area contributed by atoms with Gasteiger partial charge in [0.2, 0.25) is 0 Å². The monoisotopic (exact) mass is 414 g/mol. The Bertz CT molecular complexity index is 1000. The summed E-state index contributed by atoms with van der Waals surface area (Å²) >= 11 is 0. The van der Waals surface area contributed by atoms with Crippen LogP contribution in [-0.2, 0) is 0 Å². The molecule has 2 aromatic rings. The molecule has 30 heavy (non-hydrogen) atoms. The minimum Gasteiger partial charge on any atom is -0.365 e. The predicted octanol–water partition coefficient (Wildman–Crippen LogP) is 4.25. The van der Waals surface area contributed by atoms with Crippen LogP contribution >= 0.6 is 0 Å². The molecule has 6 nitrogen and oxygen atoms in total. The number of nitrogens with zero attached hydrogens (tertiary/aromatic N) is 5. The first-order valence-electron chi connectivity index (χ1n) is 9.66. The number of piperidine rings is 1. The van der Waals surface area contributed by atoms with Gasteiger partial charge in [-0.25, -0.2) is 23.1 Å². The number of hydrogen-bond donors (Lipinski definition) is 1. The average molecular weight is 414 g/mol. The van der Waals surface area contributed by atoms with Crippen molar-refractivity contribution in [3.8, 4) is 12.1 Å². The van der Waals surface area contributed by atoms with E-state index in [2.05, 4.69) is 15.3 Å². The standard InChI is InChI=1S/C21H21F3N6/c1-12(2)27-20-21(29-18(11-26)17(10-25)28-20)30-7-5-13(6-8-30)19(24)15-4-3-14(22)9-16(15)23/h3-4,9,12-13,19H,5-8H2,1-2H3,(H,27,28). The zero-order valence-electron chi connectivity index (χ0n) is 16.7. The average Bonchev–Trinajstić information content (AvgIpc) is 2.72. The molecule has 0 radical (unpaired) electrons. The predicted molar refractivity (Wildman–Crippen MR) is 105 cm³/mol. The first-order chi connectivity index (χ1) is 14.3. The molecular weight excluding hydrogens is 393 g/mol. The molecule has 1 aromatic heterocycles. The second-order valence-corrected chi connectivity index (χ2v) is 7.51. The van der Waals surface area contributed by atoms with Crippen LogP contribution in [0.3, 0.4) is 0 Å². The molecule has 1 aliphatic heterocycles. The van der Waals surface area contributed by atoms with E-state index >= 15 is 0 Å². The van der Waals surface area contributed by atoms with E-state index in [1.807, 2.05) is 30.9 Å². The number of alkyl halides is 1. The van der Waals surface area contributed by atoms with Gasteiger partial charge in [0.15, 0.2) is 23.0 Å². The lowest BCUT2D eigenvalue weighted by Crippen LogP contribution is -2.36. The number of nitriles is 2. The van der Waals surface area contributed by atoms with E-state index in [1.165, 1.54) is 0 Å². The molecule has 1 unspecified atom stereocenters. The second kappa shape index (κ2) is 9.00. The van der Waals surface area contributed by atoms with Gasteiger partial charge in [0.05, 0.1) is 0 Å². The van der Waals surface area contributed by atoms with Gasteiger partial charge in [0.25, 0.3) is 0 Å². The number of benzene rings is 1. The number of hydrogen-bond acceptors (Lipinski definition) is 6. The molecular formula is C21H21F3N6. The quantitative estimate of drug-likeness (QED) is 0.787. The Balaban J connectivity index is 1.80. The minimum absolute atomic E-state index is 0.0201. The summed E-state index contributed by atoms with van der Waals surface area (Å²) in [6.45, 7) is 4.66. The number of anilines is 2. The summed E-state index contributed by atoms with van der Waals surface area (Å²) in [5, 5.41) is 21.6. The van der Waals surface area contributed by atoms with Crippen molar-refractivity contribution in [2.75, 3.05) is 23.3 Å². The van der Waals surface area contributed by atoms with Crippen molar-refractivity contribution in [3.05, 3.63) is 46.8 Å². The van der Waals surface area contributed by atoms with E-state index in [1.54, 1.807) is 0 Å². The highest BCUT2D eigenvalue weighted by Crippen LogP contribution is 2.37. The molecule has 9 heteroatoms. The van der Waals surface area contributed by atoms with Gasteiger partial charge >= 0.3 is 0 Å². The third-order valence-corrected chi connectivity index (χ3v) is 5.03. The van der Waals surface area contributed by atoms with Gasteiger partial charge < -0.3 is 10.2 Å². The van der Waals surface area contributed by atoms with Gasteiger partial charge in [-0.1, -0.05) is 6.07 Å². The molecule has 1 saturated heterocycles. The van der Waals surface area contributed by atoms with Crippen LogP contribution in [0.15, 0.2) is 18.2 Å². The van der Waals surface area contributed by atoms with E-state index in [0.717, 1.165) is 12.1 Å². The van der Waals surface area contributed by atoms with E-state index < -0.39 is 23.7 Å². The van der Waals surface area contributed by atoms with E-state index in [-0.39, 0.29) is 23.0 Å². The van der Waals surface area contributed by atoms with Gasteiger partial charge in [-0.15, -0.1) is 0 Å². The SMILES string of the molecule is CC(C)Nc1nc(C#N)c(C#N)nc1N1CCC(C(F)c2ccc(F)cc2F)CC1. The Morgan fingerprint density at radius 3 is 2.30 bits per heavy atom. The summed E-state index contributed by atoms with van der Waals surface area (Å²) in [7, 11) is 0. The zero-order valence-corrected chi connectivity index (χ0v) is 16.7. The van der Waals surface area contributed by atoms with Crippen LogP contribution in [0, 0.1) is 40.2 Å². The van der Waals surface area contributed by atoms with Crippen molar-refractivity contribution >= 4 is 11.6 Å². The lowest BCUT2D eigenvalue weighted by molar-refractivity contribution is 0.193. The first-order valence-corrected chi connectivity index (χ1v) is 9.66. The highest BCUT2D eigenvalue weighted by Gasteiger charge is 2.31. The lowest BCUT2D eigenvalue weighted by Gasteiger charge is -2.35. The molecule has 0 saturated carbocycles. The second-order valence-electron chi connectivity index (χ2n) is 7.51. The normalized spacial score (nSPS) is 15.5. The highest BCUT2D eigenvalue weighted by atomic mass is 19.1.